The third-order valence-electron chi connectivity index (χ3n) is 2.23. The minimum absolute atomic E-state index is 0.663. The van der Waals surface area contributed by atoms with Gasteiger partial charge in [0, 0.05) is 23.7 Å². The van der Waals surface area contributed by atoms with Gasteiger partial charge in [0.2, 0.25) is 0 Å². The van der Waals surface area contributed by atoms with E-state index in [0.29, 0.717) is 5.25 Å². The van der Waals surface area contributed by atoms with Gasteiger partial charge in [0.25, 0.3) is 0 Å². The smallest absolute Gasteiger partial charge is 0.182 e. The molecule has 2 aromatic rings. The number of hydrogen-bond acceptors (Lipinski definition) is 4. The number of hydrogen-bond donors (Lipinski definition) is 0. The van der Waals surface area contributed by atoms with E-state index < -0.39 is 0 Å². The highest BCUT2D eigenvalue weighted by atomic mass is 32.2. The Balaban J connectivity index is 1.97. The number of nitrogens with zero attached hydrogens (tertiary/aromatic N) is 4. The first kappa shape index (κ1) is 12.1. The van der Waals surface area contributed by atoms with Crippen molar-refractivity contribution >= 4 is 11.8 Å². The van der Waals surface area contributed by atoms with Gasteiger partial charge in [0.1, 0.15) is 6.33 Å². The second-order valence-corrected chi connectivity index (χ2v) is 5.68. The van der Waals surface area contributed by atoms with Crippen LogP contribution in [0.15, 0.2) is 30.9 Å². The van der Waals surface area contributed by atoms with Crippen LogP contribution >= 0.6 is 11.8 Å². The van der Waals surface area contributed by atoms with E-state index in [2.05, 4.69) is 28.9 Å². The lowest BCUT2D eigenvalue weighted by Gasteiger charge is -2.03. The first-order chi connectivity index (χ1) is 8.25. The molecular formula is C12H16N4S. The van der Waals surface area contributed by atoms with Crippen molar-refractivity contribution in [2.75, 3.05) is 5.75 Å². The van der Waals surface area contributed by atoms with Crippen molar-refractivity contribution in [2.24, 2.45) is 0 Å². The third-order valence-corrected chi connectivity index (χ3v) is 3.31. The van der Waals surface area contributed by atoms with Gasteiger partial charge in [-0.05, 0) is 17.4 Å². The molecule has 0 unspecified atom stereocenters. The van der Waals surface area contributed by atoms with Crippen LogP contribution in [-0.4, -0.2) is 30.8 Å². The first-order valence-electron chi connectivity index (χ1n) is 5.67. The molecule has 2 rings (SSSR count). The maximum atomic E-state index is 4.43. The van der Waals surface area contributed by atoms with Gasteiger partial charge in [-0.3, -0.25) is 9.67 Å². The largest absolute Gasteiger partial charge is 0.264 e. The molecule has 0 bridgehead atoms. The van der Waals surface area contributed by atoms with Crippen molar-refractivity contribution in [1.29, 1.82) is 0 Å². The molecule has 0 aliphatic rings. The van der Waals surface area contributed by atoms with E-state index in [1.165, 1.54) is 0 Å². The van der Waals surface area contributed by atoms with Crippen LogP contribution in [0.3, 0.4) is 0 Å². The van der Waals surface area contributed by atoms with E-state index >= 15 is 0 Å². The van der Waals surface area contributed by atoms with Crippen LogP contribution in [-0.2, 0) is 6.54 Å². The molecule has 0 spiro atoms. The van der Waals surface area contributed by atoms with Crippen LogP contribution in [0.4, 0.5) is 0 Å². The van der Waals surface area contributed by atoms with E-state index in [1.807, 2.05) is 28.6 Å². The molecule has 0 aromatic carbocycles. The summed E-state index contributed by atoms with van der Waals surface area (Å²) < 4.78 is 1.89. The van der Waals surface area contributed by atoms with Crippen LogP contribution < -0.4 is 0 Å². The quantitative estimate of drug-likeness (QED) is 0.815. The number of thioether (sulfide) groups is 1. The fourth-order valence-corrected chi connectivity index (χ4v) is 2.18. The SMILES string of the molecule is CC(C)SCCn1cnc(-c2cccnc2)n1. The fraction of sp³-hybridized carbons (Fsp3) is 0.417. The van der Waals surface area contributed by atoms with Gasteiger partial charge in [-0.25, -0.2) is 4.98 Å². The van der Waals surface area contributed by atoms with E-state index in [-0.39, 0.29) is 0 Å². The molecule has 90 valence electrons. The third kappa shape index (κ3) is 3.56. The zero-order valence-electron chi connectivity index (χ0n) is 10.1. The molecule has 0 atom stereocenters. The van der Waals surface area contributed by atoms with E-state index in [4.69, 9.17) is 0 Å². The van der Waals surface area contributed by atoms with Crippen LogP contribution in [0, 0.1) is 0 Å². The van der Waals surface area contributed by atoms with Crippen molar-refractivity contribution in [3.63, 3.8) is 0 Å². The molecule has 5 heteroatoms. The molecule has 0 aliphatic carbocycles. The van der Waals surface area contributed by atoms with Gasteiger partial charge < -0.3 is 0 Å². The zero-order chi connectivity index (χ0) is 12.1. The second kappa shape index (κ2) is 5.82. The average molecular weight is 248 g/mol. The molecule has 0 fully saturated rings. The predicted molar refractivity (Wildman–Crippen MR) is 70.8 cm³/mol. The first-order valence-corrected chi connectivity index (χ1v) is 6.72. The monoisotopic (exact) mass is 248 g/mol. The summed E-state index contributed by atoms with van der Waals surface area (Å²) >= 11 is 1.93. The fourth-order valence-electron chi connectivity index (χ4n) is 1.41. The summed E-state index contributed by atoms with van der Waals surface area (Å²) in [7, 11) is 0. The zero-order valence-corrected chi connectivity index (χ0v) is 10.9. The minimum atomic E-state index is 0.663. The predicted octanol–water partition coefficient (Wildman–Crippen LogP) is 2.48. The standard InChI is InChI=1S/C12H16N4S/c1-10(2)17-7-6-16-9-14-12(15-16)11-4-3-5-13-8-11/h3-5,8-10H,6-7H2,1-2H3. The van der Waals surface area contributed by atoms with Crippen molar-refractivity contribution in [2.45, 2.75) is 25.6 Å². The Morgan fingerprint density at radius 3 is 3.00 bits per heavy atom. The summed E-state index contributed by atoms with van der Waals surface area (Å²) in [4.78, 5) is 8.35. The highest BCUT2D eigenvalue weighted by Gasteiger charge is 2.03. The summed E-state index contributed by atoms with van der Waals surface area (Å²) in [5.74, 6) is 1.81. The van der Waals surface area contributed by atoms with Gasteiger partial charge in [-0.15, -0.1) is 0 Å². The number of aryl methyl sites for hydroxylation is 1. The summed E-state index contributed by atoms with van der Waals surface area (Å²) in [6.45, 7) is 5.30. The van der Waals surface area contributed by atoms with Crippen molar-refractivity contribution in [3.05, 3.63) is 30.9 Å². The highest BCUT2D eigenvalue weighted by molar-refractivity contribution is 7.99. The Morgan fingerprint density at radius 1 is 1.41 bits per heavy atom. The maximum Gasteiger partial charge on any atom is 0.182 e. The molecule has 0 amide bonds. The summed E-state index contributed by atoms with van der Waals surface area (Å²) in [5, 5.41) is 5.09. The molecule has 0 saturated heterocycles. The molecule has 0 radical (unpaired) electrons. The maximum absolute atomic E-state index is 4.43. The van der Waals surface area contributed by atoms with Crippen molar-refractivity contribution < 1.29 is 0 Å². The van der Waals surface area contributed by atoms with Gasteiger partial charge in [-0.2, -0.15) is 16.9 Å². The van der Waals surface area contributed by atoms with Crippen molar-refractivity contribution in [1.82, 2.24) is 19.7 Å². The van der Waals surface area contributed by atoms with E-state index in [9.17, 15) is 0 Å². The number of rotatable bonds is 5. The van der Waals surface area contributed by atoms with E-state index in [1.54, 1.807) is 18.7 Å². The molecular weight excluding hydrogens is 232 g/mol. The Labute approximate surface area is 105 Å². The summed E-state index contributed by atoms with van der Waals surface area (Å²) in [6, 6.07) is 3.86. The van der Waals surface area contributed by atoms with Gasteiger partial charge in [-0.1, -0.05) is 13.8 Å². The Hall–Kier alpha value is -1.36. The lowest BCUT2D eigenvalue weighted by atomic mass is 10.3. The molecule has 2 heterocycles. The number of aromatic nitrogens is 4. The Kier molecular flexibility index (Phi) is 4.14. The molecule has 17 heavy (non-hydrogen) atoms. The van der Waals surface area contributed by atoms with Crippen molar-refractivity contribution in [3.8, 4) is 11.4 Å². The summed E-state index contributed by atoms with van der Waals surface area (Å²) in [5.41, 5.74) is 0.961. The average Bonchev–Trinajstić information content (AvgIpc) is 2.78. The normalized spacial score (nSPS) is 11.0. The van der Waals surface area contributed by atoms with Crippen LogP contribution in [0.2, 0.25) is 0 Å². The lowest BCUT2D eigenvalue weighted by Crippen LogP contribution is -2.03. The minimum Gasteiger partial charge on any atom is -0.264 e. The van der Waals surface area contributed by atoms with Crippen LogP contribution in [0.1, 0.15) is 13.8 Å². The van der Waals surface area contributed by atoms with Gasteiger partial charge in [0.15, 0.2) is 5.82 Å². The van der Waals surface area contributed by atoms with Gasteiger partial charge in [0.05, 0.1) is 6.54 Å². The molecule has 4 nitrogen and oxygen atoms in total. The topological polar surface area (TPSA) is 43.6 Å². The molecule has 2 aromatic heterocycles. The Morgan fingerprint density at radius 2 is 2.29 bits per heavy atom. The summed E-state index contributed by atoms with van der Waals surface area (Å²) in [6.07, 6.45) is 5.31. The molecule has 0 N–H and O–H groups in total. The van der Waals surface area contributed by atoms with Gasteiger partial charge >= 0.3 is 0 Å². The highest BCUT2D eigenvalue weighted by Crippen LogP contribution is 2.12. The molecule has 0 aliphatic heterocycles. The Bertz CT molecular complexity index is 453. The van der Waals surface area contributed by atoms with Crippen LogP contribution in [0.25, 0.3) is 11.4 Å². The molecule has 0 saturated carbocycles. The second-order valence-electron chi connectivity index (χ2n) is 3.99. The number of pyridine rings is 1. The van der Waals surface area contributed by atoms with Crippen LogP contribution in [0.5, 0.6) is 0 Å². The lowest BCUT2D eigenvalue weighted by molar-refractivity contribution is 0.665. The van der Waals surface area contributed by atoms with E-state index in [0.717, 1.165) is 23.7 Å².